The molecule has 25 heavy (non-hydrogen) atoms. The molecule has 0 aromatic carbocycles. The standard InChI is InChI=1S/C12H12N2O9.C2H6/c15-7-1-2-8(16)13(7)22-11(19)5-21-6-12(20)23-14-9(17)3-4-10(14)18;1-2/h1-6H2;1-2H3. The van der Waals surface area contributed by atoms with E-state index in [1.807, 2.05) is 13.8 Å². The van der Waals surface area contributed by atoms with Gasteiger partial charge < -0.3 is 14.4 Å². The van der Waals surface area contributed by atoms with Gasteiger partial charge in [0.25, 0.3) is 23.6 Å². The Balaban J connectivity index is 0.00000151. The van der Waals surface area contributed by atoms with E-state index >= 15 is 0 Å². The molecule has 0 N–H and O–H groups in total. The van der Waals surface area contributed by atoms with Crippen LogP contribution in [0.3, 0.4) is 0 Å². The van der Waals surface area contributed by atoms with Gasteiger partial charge in [0.1, 0.15) is 13.2 Å². The fraction of sp³-hybridized carbons (Fsp3) is 0.571. The molecule has 0 saturated carbocycles. The molecule has 0 bridgehead atoms. The summed E-state index contributed by atoms with van der Waals surface area (Å²) >= 11 is 0. The van der Waals surface area contributed by atoms with Crippen molar-refractivity contribution >= 4 is 35.6 Å². The van der Waals surface area contributed by atoms with Gasteiger partial charge in [-0.1, -0.05) is 13.8 Å². The highest BCUT2D eigenvalue weighted by atomic mass is 16.7. The van der Waals surface area contributed by atoms with Gasteiger partial charge in [0, 0.05) is 25.7 Å². The smallest absolute Gasteiger partial charge is 0.358 e. The molecule has 0 radical (unpaired) electrons. The highest BCUT2D eigenvalue weighted by Gasteiger charge is 2.34. The first-order valence-electron chi connectivity index (χ1n) is 7.59. The molecule has 2 rings (SSSR count). The van der Waals surface area contributed by atoms with Gasteiger partial charge >= 0.3 is 11.9 Å². The van der Waals surface area contributed by atoms with Gasteiger partial charge in [0.05, 0.1) is 0 Å². The molecule has 2 saturated heterocycles. The number of rotatable bonds is 6. The molecule has 4 amide bonds. The fourth-order valence-corrected chi connectivity index (χ4v) is 1.79. The van der Waals surface area contributed by atoms with Crippen molar-refractivity contribution in [2.24, 2.45) is 0 Å². The largest absolute Gasteiger partial charge is 0.358 e. The number of nitrogens with zero attached hydrogens (tertiary/aromatic N) is 2. The predicted octanol–water partition coefficient (Wildman–Crippen LogP) is -0.756. The molecule has 11 nitrogen and oxygen atoms in total. The third-order valence-corrected chi connectivity index (χ3v) is 2.84. The van der Waals surface area contributed by atoms with Gasteiger partial charge in [0.15, 0.2) is 0 Å². The molecular formula is C14H18N2O9. The van der Waals surface area contributed by atoms with E-state index in [0.717, 1.165) is 0 Å². The summed E-state index contributed by atoms with van der Waals surface area (Å²) in [6.07, 6.45) is -0.178. The highest BCUT2D eigenvalue weighted by Crippen LogP contribution is 2.13. The van der Waals surface area contributed by atoms with Crippen LogP contribution >= 0.6 is 0 Å². The number of amides is 4. The zero-order valence-corrected chi connectivity index (χ0v) is 13.8. The molecule has 0 unspecified atom stereocenters. The molecule has 0 aliphatic carbocycles. The lowest BCUT2D eigenvalue weighted by molar-refractivity contribution is -0.205. The van der Waals surface area contributed by atoms with E-state index in [-0.39, 0.29) is 25.7 Å². The molecule has 2 aliphatic heterocycles. The van der Waals surface area contributed by atoms with Crippen molar-refractivity contribution in [1.29, 1.82) is 0 Å². The van der Waals surface area contributed by atoms with Gasteiger partial charge in [-0.15, -0.1) is 10.1 Å². The zero-order chi connectivity index (χ0) is 19.0. The van der Waals surface area contributed by atoms with E-state index in [2.05, 4.69) is 14.4 Å². The van der Waals surface area contributed by atoms with E-state index in [9.17, 15) is 28.8 Å². The van der Waals surface area contributed by atoms with Crippen LogP contribution in [-0.2, 0) is 43.2 Å². The van der Waals surface area contributed by atoms with Gasteiger partial charge in [-0.2, -0.15) is 0 Å². The van der Waals surface area contributed by atoms with E-state index in [4.69, 9.17) is 0 Å². The summed E-state index contributed by atoms with van der Waals surface area (Å²) in [6, 6.07) is 0. The van der Waals surface area contributed by atoms with Crippen LogP contribution in [0.25, 0.3) is 0 Å². The first-order valence-corrected chi connectivity index (χ1v) is 7.59. The first kappa shape index (κ1) is 20.2. The molecule has 0 atom stereocenters. The van der Waals surface area contributed by atoms with E-state index in [0.29, 0.717) is 10.1 Å². The lowest BCUT2D eigenvalue weighted by atomic mass is 10.4. The Bertz CT molecular complexity index is 505. The molecular weight excluding hydrogens is 340 g/mol. The Morgan fingerprint density at radius 3 is 1.28 bits per heavy atom. The topological polar surface area (TPSA) is 137 Å². The summed E-state index contributed by atoms with van der Waals surface area (Å²) in [5.41, 5.74) is 0. The first-order chi connectivity index (χ1) is 11.9. The number of hydroxylamine groups is 4. The quantitative estimate of drug-likeness (QED) is 0.561. The Morgan fingerprint density at radius 1 is 0.720 bits per heavy atom. The maximum absolute atomic E-state index is 11.4. The monoisotopic (exact) mass is 358 g/mol. The summed E-state index contributed by atoms with van der Waals surface area (Å²) < 4.78 is 4.67. The number of carbonyl (C=O) groups is 6. The molecule has 0 spiro atoms. The van der Waals surface area contributed by atoms with Crippen molar-refractivity contribution in [3.8, 4) is 0 Å². The molecule has 0 aromatic rings. The lowest BCUT2D eigenvalue weighted by Gasteiger charge is -2.13. The molecule has 2 aliphatic rings. The predicted molar refractivity (Wildman–Crippen MR) is 76.5 cm³/mol. The number of imide groups is 2. The summed E-state index contributed by atoms with van der Waals surface area (Å²) in [4.78, 5) is 76.5. The van der Waals surface area contributed by atoms with Crippen molar-refractivity contribution < 1.29 is 43.2 Å². The van der Waals surface area contributed by atoms with Crippen LogP contribution in [0.1, 0.15) is 39.5 Å². The Kier molecular flexibility index (Phi) is 7.66. The summed E-state index contributed by atoms with van der Waals surface area (Å²) in [7, 11) is 0. The molecule has 138 valence electrons. The molecule has 11 heteroatoms. The van der Waals surface area contributed by atoms with E-state index < -0.39 is 48.8 Å². The van der Waals surface area contributed by atoms with Crippen molar-refractivity contribution in [1.82, 2.24) is 10.1 Å². The third kappa shape index (κ3) is 5.64. The minimum atomic E-state index is -1.06. The number of hydrogen-bond acceptors (Lipinski definition) is 9. The average molecular weight is 358 g/mol. The highest BCUT2D eigenvalue weighted by molar-refractivity contribution is 6.02. The number of carbonyl (C=O) groups excluding carboxylic acids is 6. The van der Waals surface area contributed by atoms with Crippen LogP contribution in [0.4, 0.5) is 0 Å². The van der Waals surface area contributed by atoms with Gasteiger partial charge in [-0.3, -0.25) is 19.2 Å². The van der Waals surface area contributed by atoms with Crippen LogP contribution < -0.4 is 0 Å². The van der Waals surface area contributed by atoms with Crippen molar-refractivity contribution in [2.45, 2.75) is 39.5 Å². The summed E-state index contributed by atoms with van der Waals surface area (Å²) in [6.45, 7) is 2.54. The number of ether oxygens (including phenoxy) is 1. The second kappa shape index (κ2) is 9.47. The molecule has 0 aromatic heterocycles. The zero-order valence-electron chi connectivity index (χ0n) is 13.8. The molecule has 2 fully saturated rings. The maximum atomic E-state index is 11.4. The van der Waals surface area contributed by atoms with Gasteiger partial charge in [0.2, 0.25) is 0 Å². The second-order valence-electron chi connectivity index (χ2n) is 4.58. The Labute approximate surface area is 142 Å². The number of hydrogen-bond donors (Lipinski definition) is 0. The van der Waals surface area contributed by atoms with Crippen molar-refractivity contribution in [2.75, 3.05) is 13.2 Å². The van der Waals surface area contributed by atoms with Crippen molar-refractivity contribution in [3.63, 3.8) is 0 Å². The van der Waals surface area contributed by atoms with Crippen molar-refractivity contribution in [3.05, 3.63) is 0 Å². The van der Waals surface area contributed by atoms with E-state index in [1.165, 1.54) is 0 Å². The fourth-order valence-electron chi connectivity index (χ4n) is 1.79. The van der Waals surface area contributed by atoms with Crippen LogP contribution in [-0.4, -0.2) is 58.9 Å². The Morgan fingerprint density at radius 2 is 1.00 bits per heavy atom. The van der Waals surface area contributed by atoms with Crippen LogP contribution in [0.2, 0.25) is 0 Å². The lowest BCUT2D eigenvalue weighted by Crippen LogP contribution is -2.35. The molecule has 2 heterocycles. The van der Waals surface area contributed by atoms with Gasteiger partial charge in [-0.25, -0.2) is 9.59 Å². The van der Waals surface area contributed by atoms with Crippen LogP contribution in [0.5, 0.6) is 0 Å². The summed E-state index contributed by atoms with van der Waals surface area (Å²) in [5.74, 6) is -4.70. The minimum absolute atomic E-state index is 0.0445. The minimum Gasteiger partial charge on any atom is -0.358 e. The second-order valence-corrected chi connectivity index (χ2v) is 4.58. The van der Waals surface area contributed by atoms with Gasteiger partial charge in [-0.05, 0) is 0 Å². The normalized spacial score (nSPS) is 16.7. The Hall–Kier alpha value is -2.82. The maximum Gasteiger partial charge on any atom is 0.358 e. The van der Waals surface area contributed by atoms with Crippen LogP contribution in [0.15, 0.2) is 0 Å². The SMILES string of the molecule is CC.O=C(COCC(=O)ON1C(=O)CCC1=O)ON1C(=O)CCC1=O. The van der Waals surface area contributed by atoms with Crippen LogP contribution in [0, 0.1) is 0 Å². The summed E-state index contributed by atoms with van der Waals surface area (Å²) in [5, 5.41) is 0.678. The third-order valence-electron chi connectivity index (χ3n) is 2.84. The van der Waals surface area contributed by atoms with E-state index in [1.54, 1.807) is 0 Å². The average Bonchev–Trinajstić information content (AvgIpc) is 3.07.